The second-order valence-electron chi connectivity index (χ2n) is 6.23. The predicted molar refractivity (Wildman–Crippen MR) is 105 cm³/mol. The minimum absolute atomic E-state index is 0.00870. The van der Waals surface area contributed by atoms with Gasteiger partial charge >= 0.3 is 0 Å². The van der Waals surface area contributed by atoms with Crippen LogP contribution in [0.2, 0.25) is 0 Å². The molecule has 0 saturated carbocycles. The highest BCUT2D eigenvalue weighted by Gasteiger charge is 2.22. The van der Waals surface area contributed by atoms with E-state index in [1.807, 2.05) is 40.6 Å². The number of hydrogen-bond donors (Lipinski definition) is 2. The molecule has 1 aromatic heterocycles. The average molecular weight is 386 g/mol. The first-order chi connectivity index (χ1) is 13.1. The Morgan fingerprint density at radius 3 is 2.37 bits per heavy atom. The van der Waals surface area contributed by atoms with Crippen LogP contribution in [0.5, 0.6) is 0 Å². The SMILES string of the molecule is O=C(CN1CCN(C(=O)CNC(=O)c2cccs2)CC1)Nc1ccccc1. The first kappa shape index (κ1) is 19.1. The smallest absolute Gasteiger partial charge is 0.261 e. The summed E-state index contributed by atoms with van der Waals surface area (Å²) in [4.78, 5) is 40.6. The van der Waals surface area contributed by atoms with Crippen LogP contribution in [-0.4, -0.2) is 66.8 Å². The van der Waals surface area contributed by atoms with Crippen molar-refractivity contribution in [2.75, 3.05) is 44.6 Å². The normalized spacial score (nSPS) is 14.6. The minimum Gasteiger partial charge on any atom is -0.342 e. The van der Waals surface area contributed by atoms with Crippen LogP contribution in [-0.2, 0) is 9.59 Å². The molecule has 0 spiro atoms. The molecule has 1 saturated heterocycles. The maximum atomic E-state index is 12.3. The Bertz CT molecular complexity index is 772. The molecule has 0 atom stereocenters. The van der Waals surface area contributed by atoms with Gasteiger partial charge in [0, 0.05) is 31.9 Å². The molecule has 2 aromatic rings. The highest BCUT2D eigenvalue weighted by molar-refractivity contribution is 7.12. The van der Waals surface area contributed by atoms with Crippen molar-refractivity contribution in [3.8, 4) is 0 Å². The van der Waals surface area contributed by atoms with E-state index < -0.39 is 0 Å². The third kappa shape index (κ3) is 5.63. The third-order valence-electron chi connectivity index (χ3n) is 4.29. The topological polar surface area (TPSA) is 81.8 Å². The van der Waals surface area contributed by atoms with Crippen molar-refractivity contribution in [1.29, 1.82) is 0 Å². The molecule has 1 aromatic carbocycles. The fraction of sp³-hybridized carbons (Fsp3) is 0.316. The Hall–Kier alpha value is -2.71. The van der Waals surface area contributed by atoms with Crippen LogP contribution in [0.3, 0.4) is 0 Å². The number of piperazine rings is 1. The van der Waals surface area contributed by atoms with Gasteiger partial charge in [0.2, 0.25) is 11.8 Å². The summed E-state index contributed by atoms with van der Waals surface area (Å²) in [5.41, 5.74) is 0.776. The number of nitrogens with zero attached hydrogens (tertiary/aromatic N) is 2. The molecule has 3 rings (SSSR count). The van der Waals surface area contributed by atoms with Crippen molar-refractivity contribution in [2.45, 2.75) is 0 Å². The molecule has 142 valence electrons. The quantitative estimate of drug-likeness (QED) is 0.783. The van der Waals surface area contributed by atoms with Crippen LogP contribution in [0.25, 0.3) is 0 Å². The molecule has 8 heteroatoms. The lowest BCUT2D eigenvalue weighted by Gasteiger charge is -2.34. The Morgan fingerprint density at radius 2 is 1.70 bits per heavy atom. The van der Waals surface area contributed by atoms with Gasteiger partial charge in [0.05, 0.1) is 18.0 Å². The number of hydrogen-bond acceptors (Lipinski definition) is 5. The zero-order chi connectivity index (χ0) is 19.1. The molecular formula is C19H22N4O3S. The molecule has 0 aliphatic carbocycles. The van der Waals surface area contributed by atoms with Crippen LogP contribution < -0.4 is 10.6 Å². The highest BCUT2D eigenvalue weighted by Crippen LogP contribution is 2.08. The number of anilines is 1. The lowest BCUT2D eigenvalue weighted by atomic mass is 10.3. The Balaban J connectivity index is 1.37. The number of nitrogens with one attached hydrogen (secondary N) is 2. The van der Waals surface area contributed by atoms with Crippen molar-refractivity contribution in [2.24, 2.45) is 0 Å². The van der Waals surface area contributed by atoms with Gasteiger partial charge in [-0.1, -0.05) is 24.3 Å². The molecule has 2 N–H and O–H groups in total. The molecule has 1 fully saturated rings. The van der Waals surface area contributed by atoms with Crippen LogP contribution in [0, 0.1) is 0 Å². The standard InChI is InChI=1S/C19H22N4O3S/c24-17(21-15-5-2-1-3-6-15)14-22-8-10-23(11-9-22)18(25)13-20-19(26)16-7-4-12-27-16/h1-7,12H,8-11,13-14H2,(H,20,26)(H,21,24). The first-order valence-electron chi connectivity index (χ1n) is 8.78. The fourth-order valence-corrected chi connectivity index (χ4v) is 3.48. The van der Waals surface area contributed by atoms with E-state index in [1.165, 1.54) is 11.3 Å². The molecule has 7 nitrogen and oxygen atoms in total. The number of thiophene rings is 1. The van der Waals surface area contributed by atoms with Crippen molar-refractivity contribution in [3.63, 3.8) is 0 Å². The van der Waals surface area contributed by atoms with E-state index in [-0.39, 0.29) is 24.3 Å². The fourth-order valence-electron chi connectivity index (χ4n) is 2.84. The largest absolute Gasteiger partial charge is 0.342 e. The van der Waals surface area contributed by atoms with Crippen LogP contribution >= 0.6 is 11.3 Å². The summed E-state index contributed by atoms with van der Waals surface area (Å²) in [5.74, 6) is -0.396. The van der Waals surface area contributed by atoms with Crippen LogP contribution in [0.4, 0.5) is 5.69 Å². The van der Waals surface area contributed by atoms with Crippen LogP contribution in [0.15, 0.2) is 47.8 Å². The van der Waals surface area contributed by atoms with E-state index in [2.05, 4.69) is 10.6 Å². The lowest BCUT2D eigenvalue weighted by molar-refractivity contribution is -0.132. The lowest BCUT2D eigenvalue weighted by Crippen LogP contribution is -2.52. The zero-order valence-corrected chi connectivity index (χ0v) is 15.7. The summed E-state index contributed by atoms with van der Waals surface area (Å²) in [6.07, 6.45) is 0. The van der Waals surface area contributed by atoms with E-state index in [0.717, 1.165) is 5.69 Å². The van der Waals surface area contributed by atoms with E-state index in [1.54, 1.807) is 17.0 Å². The second kappa shape index (κ2) is 9.29. The Labute approximate surface area is 162 Å². The van der Waals surface area contributed by atoms with Crippen molar-refractivity contribution in [3.05, 3.63) is 52.7 Å². The number of benzene rings is 1. The molecule has 1 aliphatic heterocycles. The van der Waals surface area contributed by atoms with Gasteiger partial charge in [-0.2, -0.15) is 0 Å². The number of carbonyl (C=O) groups excluding carboxylic acids is 3. The van der Waals surface area contributed by atoms with Gasteiger partial charge < -0.3 is 15.5 Å². The average Bonchev–Trinajstić information content (AvgIpc) is 3.22. The van der Waals surface area contributed by atoms with Gasteiger partial charge in [-0.15, -0.1) is 11.3 Å². The van der Waals surface area contributed by atoms with Crippen LogP contribution in [0.1, 0.15) is 9.67 Å². The van der Waals surface area contributed by atoms with E-state index >= 15 is 0 Å². The van der Waals surface area contributed by atoms with Crippen molar-refractivity contribution in [1.82, 2.24) is 15.1 Å². The maximum Gasteiger partial charge on any atom is 0.261 e. The molecule has 0 unspecified atom stereocenters. The van der Waals surface area contributed by atoms with E-state index in [9.17, 15) is 14.4 Å². The summed E-state index contributed by atoms with van der Waals surface area (Å²) < 4.78 is 0. The summed E-state index contributed by atoms with van der Waals surface area (Å²) in [6, 6.07) is 12.9. The molecule has 0 radical (unpaired) electrons. The molecule has 1 aliphatic rings. The summed E-state index contributed by atoms with van der Waals surface area (Å²) >= 11 is 1.34. The number of para-hydroxylation sites is 1. The molecule has 0 bridgehead atoms. The number of rotatable bonds is 6. The maximum absolute atomic E-state index is 12.3. The highest BCUT2D eigenvalue weighted by atomic mass is 32.1. The zero-order valence-electron chi connectivity index (χ0n) is 14.9. The Kier molecular flexibility index (Phi) is 6.56. The molecule has 27 heavy (non-hydrogen) atoms. The number of carbonyl (C=O) groups is 3. The second-order valence-corrected chi connectivity index (χ2v) is 7.18. The van der Waals surface area contributed by atoms with E-state index in [0.29, 0.717) is 37.6 Å². The van der Waals surface area contributed by atoms with Gasteiger partial charge in [0.25, 0.3) is 5.91 Å². The summed E-state index contributed by atoms with van der Waals surface area (Å²) in [5, 5.41) is 7.34. The van der Waals surface area contributed by atoms with Gasteiger partial charge in [-0.25, -0.2) is 0 Å². The molecule has 2 heterocycles. The van der Waals surface area contributed by atoms with Gasteiger partial charge in [-0.3, -0.25) is 19.3 Å². The van der Waals surface area contributed by atoms with Gasteiger partial charge in [-0.05, 0) is 23.6 Å². The monoisotopic (exact) mass is 386 g/mol. The number of amides is 3. The minimum atomic E-state index is -0.227. The summed E-state index contributed by atoms with van der Waals surface area (Å²) in [7, 11) is 0. The predicted octanol–water partition coefficient (Wildman–Crippen LogP) is 1.26. The van der Waals surface area contributed by atoms with Crippen molar-refractivity contribution < 1.29 is 14.4 Å². The van der Waals surface area contributed by atoms with E-state index in [4.69, 9.17) is 0 Å². The molecular weight excluding hydrogens is 364 g/mol. The van der Waals surface area contributed by atoms with Gasteiger partial charge in [0.15, 0.2) is 0 Å². The third-order valence-corrected chi connectivity index (χ3v) is 5.16. The van der Waals surface area contributed by atoms with Crippen molar-refractivity contribution >= 4 is 34.7 Å². The first-order valence-corrected chi connectivity index (χ1v) is 9.66. The Morgan fingerprint density at radius 1 is 0.963 bits per heavy atom. The van der Waals surface area contributed by atoms with Gasteiger partial charge in [0.1, 0.15) is 0 Å². The summed E-state index contributed by atoms with van der Waals surface area (Å²) in [6.45, 7) is 2.65. The molecule has 3 amide bonds.